The van der Waals surface area contributed by atoms with Crippen LogP contribution in [0.25, 0.3) is 0 Å². The van der Waals surface area contributed by atoms with Crippen LogP contribution in [-0.2, 0) is 10.2 Å². The van der Waals surface area contributed by atoms with Crippen molar-refractivity contribution in [3.05, 3.63) is 69.2 Å². The number of nitriles is 1. The molecule has 1 heterocycles. The third-order valence-electron chi connectivity index (χ3n) is 7.21. The second-order valence-corrected chi connectivity index (χ2v) is 9.57. The zero-order valence-electron chi connectivity index (χ0n) is 17.4. The number of carbonyl (C=O) groups is 1. The highest BCUT2D eigenvalue weighted by Crippen LogP contribution is 2.54. The van der Waals surface area contributed by atoms with Crippen LogP contribution < -0.4 is 5.32 Å². The molecule has 2 fully saturated rings. The zero-order chi connectivity index (χ0) is 23.9. The summed E-state index contributed by atoms with van der Waals surface area (Å²) in [5.74, 6) is -4.83. The molecule has 3 N–H and O–H groups in total. The van der Waals surface area contributed by atoms with Crippen LogP contribution >= 0.6 is 23.2 Å². The second kappa shape index (κ2) is 9.19. The molecular weight excluding hydrogens is 473 g/mol. The predicted molar refractivity (Wildman–Crippen MR) is 119 cm³/mol. The molecule has 2 aromatic carbocycles. The minimum absolute atomic E-state index is 0.0213. The van der Waals surface area contributed by atoms with E-state index in [-0.39, 0.29) is 33.7 Å². The summed E-state index contributed by atoms with van der Waals surface area (Å²) in [5, 5.41) is 33.8. The standard InChI is InChI=1S/C24H22Cl2F2N2O3/c25-13-7-8-16(18(27)9-13)24(11-29)19(14-5-2-6-17(26)20(14)28)21(23(32)33)30-22(24)15(10-31)12-3-1-4-12/h2,5-9,12,15,19,21-22,30-31H,1,3-4,10H2,(H,32,33)/t15?,19-,21+,22-,24+/m0/s1. The molecule has 33 heavy (non-hydrogen) atoms. The minimum atomic E-state index is -1.85. The summed E-state index contributed by atoms with van der Waals surface area (Å²) < 4.78 is 30.6. The number of carboxylic acids is 1. The van der Waals surface area contributed by atoms with E-state index in [1.54, 1.807) is 0 Å². The smallest absolute Gasteiger partial charge is 0.321 e. The molecule has 5 atom stereocenters. The molecule has 0 spiro atoms. The number of aliphatic hydroxyl groups excluding tert-OH is 1. The van der Waals surface area contributed by atoms with Gasteiger partial charge in [0, 0.05) is 35.1 Å². The van der Waals surface area contributed by atoms with Crippen molar-refractivity contribution in [2.24, 2.45) is 11.8 Å². The number of benzene rings is 2. The highest BCUT2D eigenvalue weighted by Gasteiger charge is 2.63. The third-order valence-corrected chi connectivity index (χ3v) is 7.74. The van der Waals surface area contributed by atoms with Crippen molar-refractivity contribution in [2.75, 3.05) is 6.61 Å². The molecule has 1 saturated carbocycles. The fraction of sp³-hybridized carbons (Fsp3) is 0.417. The molecule has 0 bridgehead atoms. The van der Waals surface area contributed by atoms with E-state index in [1.807, 2.05) is 0 Å². The number of hydrogen-bond donors (Lipinski definition) is 3. The largest absolute Gasteiger partial charge is 0.480 e. The van der Waals surface area contributed by atoms with Crippen molar-refractivity contribution in [1.29, 1.82) is 5.26 Å². The Morgan fingerprint density at radius 3 is 2.55 bits per heavy atom. The van der Waals surface area contributed by atoms with Crippen molar-refractivity contribution in [3.8, 4) is 6.07 Å². The summed E-state index contributed by atoms with van der Waals surface area (Å²) in [6, 6.07) is 7.72. The predicted octanol–water partition coefficient (Wildman–Crippen LogP) is 4.65. The van der Waals surface area contributed by atoms with Gasteiger partial charge in [-0.25, -0.2) is 8.78 Å². The molecule has 5 nitrogen and oxygen atoms in total. The van der Waals surface area contributed by atoms with Crippen molar-refractivity contribution >= 4 is 29.2 Å². The number of nitrogens with zero attached hydrogens (tertiary/aromatic N) is 1. The van der Waals surface area contributed by atoms with Gasteiger partial charge in [-0.05, 0) is 29.7 Å². The maximum Gasteiger partial charge on any atom is 0.321 e. The molecule has 0 radical (unpaired) electrons. The summed E-state index contributed by atoms with van der Waals surface area (Å²) >= 11 is 12.0. The van der Waals surface area contributed by atoms with Gasteiger partial charge in [-0.2, -0.15) is 5.26 Å². The Labute approximate surface area is 199 Å². The summed E-state index contributed by atoms with van der Waals surface area (Å²) in [4.78, 5) is 12.4. The van der Waals surface area contributed by atoms with Gasteiger partial charge >= 0.3 is 5.97 Å². The number of rotatable bonds is 6. The molecule has 0 aromatic heterocycles. The first-order valence-corrected chi connectivity index (χ1v) is 11.4. The summed E-state index contributed by atoms with van der Waals surface area (Å²) in [6.07, 6.45) is 2.53. The minimum Gasteiger partial charge on any atom is -0.480 e. The first kappa shape index (κ1) is 23.9. The number of carboxylic acid groups (broad SMARTS) is 1. The number of hydrogen-bond acceptors (Lipinski definition) is 4. The Hall–Kier alpha value is -2.24. The van der Waals surface area contributed by atoms with Crippen LogP contribution in [0.3, 0.4) is 0 Å². The Balaban J connectivity index is 2.03. The molecular formula is C24H22Cl2F2N2O3. The molecule has 174 valence electrons. The van der Waals surface area contributed by atoms with Crippen LogP contribution in [-0.4, -0.2) is 34.9 Å². The monoisotopic (exact) mass is 494 g/mol. The Morgan fingerprint density at radius 2 is 2.00 bits per heavy atom. The van der Waals surface area contributed by atoms with Crippen LogP contribution in [0.4, 0.5) is 8.78 Å². The lowest BCUT2D eigenvalue weighted by molar-refractivity contribution is -0.139. The van der Waals surface area contributed by atoms with Gasteiger partial charge in [0.15, 0.2) is 0 Å². The lowest BCUT2D eigenvalue weighted by Gasteiger charge is -2.43. The van der Waals surface area contributed by atoms with Crippen LogP contribution in [0.1, 0.15) is 36.3 Å². The first-order chi connectivity index (χ1) is 15.8. The molecule has 0 amide bonds. The number of halogens is 4. The average Bonchev–Trinajstić information content (AvgIpc) is 3.08. The third kappa shape index (κ3) is 3.79. The van der Waals surface area contributed by atoms with Crippen molar-refractivity contribution in [2.45, 2.75) is 42.7 Å². The Morgan fingerprint density at radius 1 is 1.27 bits per heavy atom. The van der Waals surface area contributed by atoms with E-state index in [4.69, 9.17) is 23.2 Å². The topological polar surface area (TPSA) is 93.4 Å². The van der Waals surface area contributed by atoms with Crippen LogP contribution in [0, 0.1) is 34.8 Å². The molecule has 1 aliphatic heterocycles. The first-order valence-electron chi connectivity index (χ1n) is 10.7. The molecule has 4 rings (SSSR count). The lowest BCUT2D eigenvalue weighted by atomic mass is 9.59. The van der Waals surface area contributed by atoms with Gasteiger partial charge in [-0.3, -0.25) is 10.1 Å². The van der Waals surface area contributed by atoms with Gasteiger partial charge < -0.3 is 10.2 Å². The second-order valence-electron chi connectivity index (χ2n) is 8.72. The van der Waals surface area contributed by atoms with Gasteiger partial charge in [-0.15, -0.1) is 0 Å². The normalized spacial score (nSPS) is 28.2. The van der Waals surface area contributed by atoms with E-state index in [0.29, 0.717) is 0 Å². The highest BCUT2D eigenvalue weighted by molar-refractivity contribution is 6.31. The average molecular weight is 495 g/mol. The molecule has 2 aromatic rings. The molecule has 9 heteroatoms. The Bertz CT molecular complexity index is 1120. The summed E-state index contributed by atoms with van der Waals surface area (Å²) in [6.45, 7) is -0.335. The quantitative estimate of drug-likeness (QED) is 0.543. The van der Waals surface area contributed by atoms with Gasteiger partial charge in [0.1, 0.15) is 23.1 Å². The van der Waals surface area contributed by atoms with Gasteiger partial charge in [-0.1, -0.05) is 60.7 Å². The number of aliphatic hydroxyl groups is 1. The van der Waals surface area contributed by atoms with E-state index >= 15 is 8.78 Å². The maximum absolute atomic E-state index is 15.4. The van der Waals surface area contributed by atoms with Crippen molar-refractivity contribution < 1.29 is 23.8 Å². The van der Waals surface area contributed by atoms with Gasteiger partial charge in [0.25, 0.3) is 0 Å². The van der Waals surface area contributed by atoms with E-state index in [9.17, 15) is 20.3 Å². The van der Waals surface area contributed by atoms with E-state index in [1.165, 1.54) is 30.3 Å². The van der Waals surface area contributed by atoms with E-state index in [2.05, 4.69) is 11.4 Å². The highest BCUT2D eigenvalue weighted by atomic mass is 35.5. The number of aliphatic carboxylic acids is 1. The van der Waals surface area contributed by atoms with Crippen molar-refractivity contribution in [3.63, 3.8) is 0 Å². The zero-order valence-corrected chi connectivity index (χ0v) is 19.0. The van der Waals surface area contributed by atoms with E-state index in [0.717, 1.165) is 25.3 Å². The van der Waals surface area contributed by atoms with Crippen LogP contribution in [0.5, 0.6) is 0 Å². The summed E-state index contributed by atoms with van der Waals surface area (Å²) in [5.41, 5.74) is -2.06. The fourth-order valence-electron chi connectivity index (χ4n) is 5.49. The number of nitrogens with one attached hydrogen (secondary N) is 1. The molecule has 1 saturated heterocycles. The molecule has 1 unspecified atom stereocenters. The Kier molecular flexibility index (Phi) is 6.66. The van der Waals surface area contributed by atoms with Crippen LogP contribution in [0.2, 0.25) is 10.0 Å². The molecule has 1 aliphatic carbocycles. The van der Waals surface area contributed by atoms with E-state index < -0.39 is 46.9 Å². The SMILES string of the molecule is N#C[C@]1(c2ccc(Cl)cc2F)[C@H](C(CO)C2CCC2)N[C@@H](C(=O)O)[C@@H]1c1cccc(Cl)c1F. The fourth-order valence-corrected chi connectivity index (χ4v) is 5.83. The summed E-state index contributed by atoms with van der Waals surface area (Å²) in [7, 11) is 0. The molecule has 2 aliphatic rings. The van der Waals surface area contributed by atoms with Crippen LogP contribution in [0.15, 0.2) is 36.4 Å². The van der Waals surface area contributed by atoms with Gasteiger partial charge in [0.2, 0.25) is 0 Å². The lowest BCUT2D eigenvalue weighted by Crippen LogP contribution is -2.52. The van der Waals surface area contributed by atoms with Crippen molar-refractivity contribution in [1.82, 2.24) is 5.32 Å². The maximum atomic E-state index is 15.4. The van der Waals surface area contributed by atoms with Gasteiger partial charge in [0.05, 0.1) is 11.1 Å².